The second kappa shape index (κ2) is 6.55. The van der Waals surface area contributed by atoms with Gasteiger partial charge < -0.3 is 0 Å². The number of aromatic nitrogens is 3. The zero-order valence-corrected chi connectivity index (χ0v) is 16.5. The molecule has 0 fully saturated rings. The summed E-state index contributed by atoms with van der Waals surface area (Å²) in [5.74, 6) is 0.445. The van der Waals surface area contributed by atoms with Gasteiger partial charge in [-0.1, -0.05) is 38.1 Å². The Hall–Kier alpha value is -3.02. The van der Waals surface area contributed by atoms with Gasteiger partial charge in [-0.05, 0) is 34.9 Å². The first-order valence-corrected chi connectivity index (χ1v) is 9.50. The van der Waals surface area contributed by atoms with Crippen molar-refractivity contribution in [2.75, 3.05) is 0 Å². The van der Waals surface area contributed by atoms with Gasteiger partial charge >= 0.3 is 5.69 Å². The van der Waals surface area contributed by atoms with Crippen molar-refractivity contribution in [2.45, 2.75) is 38.5 Å². The van der Waals surface area contributed by atoms with Gasteiger partial charge in [0, 0.05) is 32.3 Å². The van der Waals surface area contributed by atoms with Crippen LogP contribution in [0.15, 0.2) is 40.1 Å². The van der Waals surface area contributed by atoms with Crippen LogP contribution >= 0.6 is 0 Å². The third kappa shape index (κ3) is 2.71. The van der Waals surface area contributed by atoms with E-state index in [2.05, 4.69) is 43.1 Å². The first-order valence-electron chi connectivity index (χ1n) is 9.50. The molecule has 1 aliphatic rings. The number of pyridine rings is 1. The number of carbonyl (C=O) groups is 1. The van der Waals surface area contributed by atoms with Crippen molar-refractivity contribution in [1.29, 1.82) is 0 Å². The van der Waals surface area contributed by atoms with Crippen LogP contribution in [0, 0.1) is 0 Å². The number of ketones is 1. The number of aryl methyl sites for hydroxylation is 1. The molecule has 4 rings (SSSR count). The summed E-state index contributed by atoms with van der Waals surface area (Å²) in [4.78, 5) is 42.2. The third-order valence-electron chi connectivity index (χ3n) is 5.83. The maximum atomic E-state index is 12.8. The Balaban J connectivity index is 1.89. The molecule has 0 bridgehead atoms. The molecule has 28 heavy (non-hydrogen) atoms. The fraction of sp³-hybridized carbons (Fsp3) is 0.364. The summed E-state index contributed by atoms with van der Waals surface area (Å²) in [6.45, 7) is 4.29. The number of fused-ring (bicyclic) bond motifs is 3. The third-order valence-corrected chi connectivity index (χ3v) is 5.83. The first-order chi connectivity index (χ1) is 13.3. The molecule has 0 radical (unpaired) electrons. The van der Waals surface area contributed by atoms with E-state index in [1.165, 1.54) is 23.4 Å². The molecule has 2 aromatic heterocycles. The molecule has 2 heterocycles. The lowest BCUT2D eigenvalue weighted by Gasteiger charge is -2.25. The maximum Gasteiger partial charge on any atom is 0.332 e. The van der Waals surface area contributed by atoms with Gasteiger partial charge in [0.05, 0.1) is 5.39 Å². The summed E-state index contributed by atoms with van der Waals surface area (Å²) >= 11 is 0. The van der Waals surface area contributed by atoms with E-state index in [1.807, 2.05) is 0 Å². The van der Waals surface area contributed by atoms with Crippen molar-refractivity contribution in [3.63, 3.8) is 0 Å². The van der Waals surface area contributed by atoms with Gasteiger partial charge in [0.15, 0.2) is 5.78 Å². The van der Waals surface area contributed by atoms with Crippen LogP contribution in [-0.4, -0.2) is 19.9 Å². The van der Waals surface area contributed by atoms with Gasteiger partial charge in [-0.25, -0.2) is 9.78 Å². The molecule has 6 nitrogen and oxygen atoms in total. The lowest BCUT2D eigenvalue weighted by atomic mass is 9.79. The topological polar surface area (TPSA) is 74.0 Å². The van der Waals surface area contributed by atoms with Crippen molar-refractivity contribution in [3.8, 4) is 0 Å². The minimum atomic E-state index is -0.423. The van der Waals surface area contributed by atoms with Crippen LogP contribution in [0.4, 0.5) is 0 Å². The highest BCUT2D eigenvalue weighted by molar-refractivity contribution is 6.02. The molecular weight excluding hydrogens is 354 g/mol. The van der Waals surface area contributed by atoms with E-state index < -0.39 is 11.2 Å². The van der Waals surface area contributed by atoms with Gasteiger partial charge in [0.1, 0.15) is 5.65 Å². The maximum absolute atomic E-state index is 12.8. The van der Waals surface area contributed by atoms with Crippen molar-refractivity contribution < 1.29 is 4.79 Å². The van der Waals surface area contributed by atoms with Gasteiger partial charge in [0.25, 0.3) is 5.56 Å². The zero-order chi connectivity index (χ0) is 20.2. The molecule has 1 atom stereocenters. The Morgan fingerprint density at radius 3 is 2.32 bits per heavy atom. The van der Waals surface area contributed by atoms with Gasteiger partial charge in [-0.3, -0.25) is 18.7 Å². The smallest absolute Gasteiger partial charge is 0.294 e. The van der Waals surface area contributed by atoms with Crippen LogP contribution in [0.3, 0.4) is 0 Å². The van der Waals surface area contributed by atoms with Crippen molar-refractivity contribution in [3.05, 3.63) is 73.6 Å². The molecule has 0 spiro atoms. The van der Waals surface area contributed by atoms with E-state index in [0.29, 0.717) is 40.9 Å². The van der Waals surface area contributed by atoms with Crippen LogP contribution in [0.1, 0.15) is 59.2 Å². The quantitative estimate of drug-likeness (QED) is 0.688. The average molecular weight is 377 g/mol. The monoisotopic (exact) mass is 377 g/mol. The number of nitrogens with zero attached hydrogens (tertiary/aromatic N) is 3. The van der Waals surface area contributed by atoms with Crippen LogP contribution in [-0.2, 0) is 20.5 Å². The number of hydrogen-bond acceptors (Lipinski definition) is 4. The Bertz CT molecular complexity index is 1220. The van der Waals surface area contributed by atoms with E-state index in [-0.39, 0.29) is 11.7 Å². The SMILES string of the molecule is CC(C)c1ccc(C2CC(=O)c3cnc4c(c3C2)c(=O)n(C)c(=O)n4C)cc1. The van der Waals surface area contributed by atoms with Gasteiger partial charge in [0.2, 0.25) is 0 Å². The molecule has 0 N–H and O–H groups in total. The largest absolute Gasteiger partial charge is 0.332 e. The number of hydrogen-bond donors (Lipinski definition) is 0. The normalized spacial score (nSPS) is 16.6. The minimum absolute atomic E-state index is 0.00810. The Kier molecular flexibility index (Phi) is 4.29. The molecular formula is C22H23N3O3. The number of carbonyl (C=O) groups excluding carboxylic acids is 1. The Morgan fingerprint density at radius 2 is 1.68 bits per heavy atom. The van der Waals surface area contributed by atoms with Crippen LogP contribution in [0.25, 0.3) is 11.0 Å². The summed E-state index contributed by atoms with van der Waals surface area (Å²) in [7, 11) is 3.05. The highest BCUT2D eigenvalue weighted by Gasteiger charge is 2.30. The van der Waals surface area contributed by atoms with E-state index in [0.717, 1.165) is 10.1 Å². The van der Waals surface area contributed by atoms with Crippen molar-refractivity contribution in [1.82, 2.24) is 14.1 Å². The predicted molar refractivity (Wildman–Crippen MR) is 108 cm³/mol. The van der Waals surface area contributed by atoms with E-state index in [1.54, 1.807) is 7.05 Å². The standard InChI is InChI=1S/C22H23N3O3/c1-12(2)13-5-7-14(8-6-13)15-9-16-17(18(26)10-15)11-23-20-19(16)21(27)25(4)22(28)24(20)3/h5-8,11-12,15H,9-10H2,1-4H3. The molecule has 0 aliphatic heterocycles. The Morgan fingerprint density at radius 1 is 1.00 bits per heavy atom. The second-order valence-corrected chi connectivity index (χ2v) is 7.90. The fourth-order valence-electron chi connectivity index (χ4n) is 4.08. The lowest BCUT2D eigenvalue weighted by molar-refractivity contribution is 0.0964. The summed E-state index contributed by atoms with van der Waals surface area (Å²) in [5.41, 5.74) is 3.06. The highest BCUT2D eigenvalue weighted by atomic mass is 16.2. The Labute approximate surface area is 162 Å². The van der Waals surface area contributed by atoms with Crippen LogP contribution in [0.2, 0.25) is 0 Å². The molecule has 144 valence electrons. The fourth-order valence-corrected chi connectivity index (χ4v) is 4.08. The molecule has 1 aromatic carbocycles. The lowest BCUT2D eigenvalue weighted by Crippen LogP contribution is -2.38. The van der Waals surface area contributed by atoms with Gasteiger partial charge in [-0.2, -0.15) is 0 Å². The average Bonchev–Trinajstić information content (AvgIpc) is 2.69. The summed E-state index contributed by atoms with van der Waals surface area (Å²) in [6.07, 6.45) is 2.48. The predicted octanol–water partition coefficient (Wildman–Crippen LogP) is 2.67. The van der Waals surface area contributed by atoms with Gasteiger partial charge in [-0.15, -0.1) is 0 Å². The summed E-state index contributed by atoms with van der Waals surface area (Å²) < 4.78 is 2.44. The summed E-state index contributed by atoms with van der Waals surface area (Å²) in [5, 5.41) is 0.374. The minimum Gasteiger partial charge on any atom is -0.294 e. The number of Topliss-reactive ketones (excluding diaryl/α,β-unsaturated/α-hetero) is 1. The highest BCUT2D eigenvalue weighted by Crippen LogP contribution is 2.35. The number of benzene rings is 1. The molecule has 3 aromatic rings. The summed E-state index contributed by atoms with van der Waals surface area (Å²) in [6, 6.07) is 8.37. The van der Waals surface area contributed by atoms with E-state index in [4.69, 9.17) is 0 Å². The zero-order valence-electron chi connectivity index (χ0n) is 16.5. The first kappa shape index (κ1) is 18.3. The molecule has 0 saturated heterocycles. The molecule has 1 aliphatic carbocycles. The second-order valence-electron chi connectivity index (χ2n) is 7.90. The van der Waals surface area contributed by atoms with Crippen LogP contribution in [0.5, 0.6) is 0 Å². The molecule has 0 amide bonds. The molecule has 1 unspecified atom stereocenters. The van der Waals surface area contributed by atoms with E-state index >= 15 is 0 Å². The van der Waals surface area contributed by atoms with Crippen molar-refractivity contribution in [2.24, 2.45) is 14.1 Å². The molecule has 0 saturated carbocycles. The van der Waals surface area contributed by atoms with Crippen LogP contribution < -0.4 is 11.2 Å². The van der Waals surface area contributed by atoms with Crippen molar-refractivity contribution >= 4 is 16.8 Å². The number of rotatable bonds is 2. The molecule has 6 heteroatoms. The van der Waals surface area contributed by atoms with E-state index in [9.17, 15) is 14.4 Å².